The molecule has 3 aromatic rings. The second-order valence-corrected chi connectivity index (χ2v) is 8.62. The van der Waals surface area contributed by atoms with Gasteiger partial charge in [0.05, 0.1) is 32.4 Å². The largest absolute Gasteiger partial charge is 0.497 e. The summed E-state index contributed by atoms with van der Waals surface area (Å²) in [5.74, 6) is 0.202. The van der Waals surface area contributed by atoms with E-state index in [4.69, 9.17) is 9.47 Å². The van der Waals surface area contributed by atoms with Gasteiger partial charge in [-0.15, -0.1) is 5.10 Å². The van der Waals surface area contributed by atoms with Crippen molar-refractivity contribution in [2.24, 2.45) is 0 Å². The van der Waals surface area contributed by atoms with Crippen LogP contribution in [0.25, 0.3) is 0 Å². The fraction of sp³-hybridized carbons (Fsp3) is 0.360. The van der Waals surface area contributed by atoms with Gasteiger partial charge in [-0.2, -0.15) is 0 Å². The number of rotatable bonds is 5. The third kappa shape index (κ3) is 4.88. The minimum Gasteiger partial charge on any atom is -0.497 e. The molecule has 0 bridgehead atoms. The van der Waals surface area contributed by atoms with Crippen molar-refractivity contribution in [2.45, 2.75) is 25.7 Å². The molecule has 3 heterocycles. The topological polar surface area (TPSA) is 89.8 Å². The van der Waals surface area contributed by atoms with Gasteiger partial charge in [0.15, 0.2) is 5.69 Å². The average Bonchev–Trinajstić information content (AvgIpc) is 3.33. The fourth-order valence-electron chi connectivity index (χ4n) is 4.40. The molecule has 1 saturated heterocycles. The van der Waals surface area contributed by atoms with Crippen LogP contribution in [0.15, 0.2) is 48.5 Å². The SMILES string of the molecule is COc1ccc([C@H]2Cn3nnc(C(=O)N4CCN(C(=O)Cc5ccc(F)cc5)CC4)c3CO2)cc1. The fourth-order valence-corrected chi connectivity index (χ4v) is 4.40. The predicted molar refractivity (Wildman–Crippen MR) is 123 cm³/mol. The summed E-state index contributed by atoms with van der Waals surface area (Å²) in [6.45, 7) is 2.40. The Morgan fingerprint density at radius 1 is 1.03 bits per heavy atom. The number of amides is 2. The molecule has 0 radical (unpaired) electrons. The highest BCUT2D eigenvalue weighted by atomic mass is 19.1. The van der Waals surface area contributed by atoms with Gasteiger partial charge >= 0.3 is 0 Å². The number of ether oxygens (including phenoxy) is 2. The zero-order chi connectivity index (χ0) is 24.4. The number of halogens is 1. The smallest absolute Gasteiger partial charge is 0.276 e. The molecule has 1 aromatic heterocycles. The van der Waals surface area contributed by atoms with Crippen LogP contribution < -0.4 is 4.74 Å². The summed E-state index contributed by atoms with van der Waals surface area (Å²) in [7, 11) is 1.62. The highest BCUT2D eigenvalue weighted by molar-refractivity contribution is 5.93. The molecule has 9 nitrogen and oxygen atoms in total. The molecule has 0 unspecified atom stereocenters. The van der Waals surface area contributed by atoms with E-state index in [1.165, 1.54) is 12.1 Å². The summed E-state index contributed by atoms with van der Waals surface area (Å²) >= 11 is 0. The van der Waals surface area contributed by atoms with Gasteiger partial charge in [0, 0.05) is 26.2 Å². The Bertz CT molecular complexity index is 1200. The highest BCUT2D eigenvalue weighted by Crippen LogP contribution is 2.28. The molecule has 2 aliphatic heterocycles. The van der Waals surface area contributed by atoms with Gasteiger partial charge in [-0.3, -0.25) is 9.59 Å². The standard InChI is InChI=1S/C25H26FN5O4/c1-34-20-8-4-18(5-9-20)22-15-31-21(16-35-22)24(27-28-31)25(33)30-12-10-29(11-13-30)23(32)14-17-2-6-19(26)7-3-17/h2-9,22H,10-16H2,1H3/t22-/m1/s1. The number of carbonyl (C=O) groups excluding carboxylic acids is 2. The van der Waals surface area contributed by atoms with Gasteiger partial charge in [0.1, 0.15) is 17.7 Å². The third-order valence-electron chi connectivity index (χ3n) is 6.48. The molecule has 1 atom stereocenters. The van der Waals surface area contributed by atoms with E-state index in [0.717, 1.165) is 16.9 Å². The Morgan fingerprint density at radius 2 is 1.71 bits per heavy atom. The predicted octanol–water partition coefficient (Wildman–Crippen LogP) is 2.22. The van der Waals surface area contributed by atoms with Crippen LogP contribution >= 0.6 is 0 Å². The molecular weight excluding hydrogens is 453 g/mol. The van der Waals surface area contributed by atoms with Crippen LogP contribution in [-0.2, 0) is 29.1 Å². The number of hydrogen-bond acceptors (Lipinski definition) is 6. The van der Waals surface area contributed by atoms with Crippen molar-refractivity contribution in [3.63, 3.8) is 0 Å². The maximum absolute atomic E-state index is 13.2. The molecule has 2 amide bonds. The Labute approximate surface area is 202 Å². The summed E-state index contributed by atoms with van der Waals surface area (Å²) in [5.41, 5.74) is 2.72. The lowest BCUT2D eigenvalue weighted by Gasteiger charge is -2.34. The van der Waals surface area contributed by atoms with Gasteiger partial charge in [-0.1, -0.05) is 29.5 Å². The van der Waals surface area contributed by atoms with Crippen LogP contribution in [0.1, 0.15) is 33.4 Å². The number of methoxy groups -OCH3 is 1. The molecule has 35 heavy (non-hydrogen) atoms. The van der Waals surface area contributed by atoms with E-state index in [9.17, 15) is 14.0 Å². The van der Waals surface area contributed by atoms with Crippen molar-refractivity contribution in [2.75, 3.05) is 33.3 Å². The Morgan fingerprint density at radius 3 is 2.40 bits per heavy atom. The van der Waals surface area contributed by atoms with Crippen molar-refractivity contribution >= 4 is 11.8 Å². The number of aromatic nitrogens is 3. The number of piperazine rings is 1. The quantitative estimate of drug-likeness (QED) is 0.558. The molecule has 10 heteroatoms. The summed E-state index contributed by atoms with van der Waals surface area (Å²) in [4.78, 5) is 29.2. The van der Waals surface area contributed by atoms with E-state index in [1.807, 2.05) is 24.3 Å². The molecule has 1 fully saturated rings. The van der Waals surface area contributed by atoms with E-state index in [-0.39, 0.29) is 36.8 Å². The van der Waals surface area contributed by atoms with Crippen molar-refractivity contribution in [1.82, 2.24) is 24.8 Å². The minimum atomic E-state index is -0.328. The Hall–Kier alpha value is -3.79. The number of fused-ring (bicyclic) bond motifs is 1. The molecule has 0 aliphatic carbocycles. The van der Waals surface area contributed by atoms with E-state index in [2.05, 4.69) is 10.3 Å². The Balaban J connectivity index is 1.18. The van der Waals surface area contributed by atoms with E-state index in [0.29, 0.717) is 44.1 Å². The van der Waals surface area contributed by atoms with Crippen LogP contribution in [0.3, 0.4) is 0 Å². The normalized spacial score (nSPS) is 17.7. The number of carbonyl (C=O) groups is 2. The van der Waals surface area contributed by atoms with Crippen LogP contribution in [0.4, 0.5) is 4.39 Å². The third-order valence-corrected chi connectivity index (χ3v) is 6.48. The molecule has 0 saturated carbocycles. The van der Waals surface area contributed by atoms with Gasteiger partial charge in [0.25, 0.3) is 5.91 Å². The second kappa shape index (κ2) is 9.83. The van der Waals surface area contributed by atoms with Gasteiger partial charge in [0.2, 0.25) is 5.91 Å². The van der Waals surface area contributed by atoms with Gasteiger partial charge < -0.3 is 19.3 Å². The lowest BCUT2D eigenvalue weighted by molar-refractivity contribution is -0.131. The first-order valence-electron chi connectivity index (χ1n) is 11.5. The zero-order valence-electron chi connectivity index (χ0n) is 19.4. The average molecular weight is 480 g/mol. The van der Waals surface area contributed by atoms with Crippen molar-refractivity contribution in [3.8, 4) is 5.75 Å². The van der Waals surface area contributed by atoms with Crippen molar-refractivity contribution in [3.05, 3.63) is 76.9 Å². The van der Waals surface area contributed by atoms with Crippen LogP contribution in [0, 0.1) is 5.82 Å². The van der Waals surface area contributed by atoms with Crippen molar-refractivity contribution in [1.29, 1.82) is 0 Å². The highest BCUT2D eigenvalue weighted by Gasteiger charge is 2.32. The summed E-state index contributed by atoms with van der Waals surface area (Å²) in [6.07, 6.45) is 0.0214. The van der Waals surface area contributed by atoms with E-state index < -0.39 is 0 Å². The first-order valence-corrected chi connectivity index (χ1v) is 11.5. The lowest BCUT2D eigenvalue weighted by atomic mass is 10.1. The maximum atomic E-state index is 13.2. The minimum absolute atomic E-state index is 0.0391. The monoisotopic (exact) mass is 479 g/mol. The lowest BCUT2D eigenvalue weighted by Crippen LogP contribution is -2.51. The maximum Gasteiger partial charge on any atom is 0.276 e. The van der Waals surface area contributed by atoms with Gasteiger partial charge in [-0.05, 0) is 35.4 Å². The number of benzene rings is 2. The van der Waals surface area contributed by atoms with Crippen LogP contribution in [-0.4, -0.2) is 69.9 Å². The van der Waals surface area contributed by atoms with E-state index >= 15 is 0 Å². The summed E-state index contributed by atoms with van der Waals surface area (Å²) in [5, 5.41) is 8.36. The van der Waals surface area contributed by atoms with Crippen molar-refractivity contribution < 1.29 is 23.5 Å². The molecule has 5 rings (SSSR count). The van der Waals surface area contributed by atoms with Crippen LogP contribution in [0.2, 0.25) is 0 Å². The molecule has 2 aromatic carbocycles. The molecular formula is C25H26FN5O4. The zero-order valence-corrected chi connectivity index (χ0v) is 19.4. The summed E-state index contributed by atoms with van der Waals surface area (Å²) in [6, 6.07) is 13.6. The number of hydrogen-bond donors (Lipinski definition) is 0. The summed E-state index contributed by atoms with van der Waals surface area (Å²) < 4.78 is 26.0. The first-order chi connectivity index (χ1) is 17.0. The Kier molecular flexibility index (Phi) is 6.45. The molecule has 2 aliphatic rings. The molecule has 0 spiro atoms. The second-order valence-electron chi connectivity index (χ2n) is 8.62. The molecule has 0 N–H and O–H groups in total. The first kappa shape index (κ1) is 23.0. The van der Waals surface area contributed by atoms with E-state index in [1.54, 1.807) is 33.7 Å². The number of nitrogens with zero attached hydrogens (tertiary/aromatic N) is 5. The molecule has 182 valence electrons. The van der Waals surface area contributed by atoms with Crippen LogP contribution in [0.5, 0.6) is 5.75 Å². The van der Waals surface area contributed by atoms with Gasteiger partial charge in [-0.25, -0.2) is 9.07 Å².